The molecule has 1 aromatic rings. The predicted molar refractivity (Wildman–Crippen MR) is 138 cm³/mol. The maximum Gasteiger partial charge on any atom is 0.490 e. The number of anilines is 1. The van der Waals surface area contributed by atoms with E-state index in [0.717, 1.165) is 31.7 Å². The number of rotatable bonds is 9. The number of aliphatic carboxylic acids is 1. The van der Waals surface area contributed by atoms with Gasteiger partial charge in [-0.25, -0.2) is 13.2 Å². The second-order valence-electron chi connectivity index (χ2n) is 10.4. The molecule has 0 spiro atoms. The zero-order valence-corrected chi connectivity index (χ0v) is 23.9. The monoisotopic (exact) mass is 610 g/mol. The third-order valence-electron chi connectivity index (χ3n) is 7.39. The van der Waals surface area contributed by atoms with Crippen LogP contribution in [0, 0.1) is 22.2 Å². The van der Waals surface area contributed by atoms with Gasteiger partial charge in [0.05, 0.1) is 11.0 Å². The predicted octanol–water partition coefficient (Wildman–Crippen LogP) is 4.56. The lowest BCUT2D eigenvalue weighted by Gasteiger charge is -2.50. The van der Waals surface area contributed by atoms with Crippen molar-refractivity contribution < 1.29 is 31.5 Å². The third-order valence-corrected chi connectivity index (χ3v) is 10.3. The number of nitriles is 1. The molecular formula is C24H34BrF3N4O4S. The second-order valence-corrected chi connectivity index (χ2v) is 13.1. The van der Waals surface area contributed by atoms with Gasteiger partial charge in [0.15, 0.2) is 0 Å². The summed E-state index contributed by atoms with van der Waals surface area (Å²) in [5.41, 5.74) is 1.77. The number of alkyl halides is 3. The molecule has 1 saturated carbocycles. The topological polar surface area (TPSA) is 105 Å². The number of benzene rings is 1. The van der Waals surface area contributed by atoms with Gasteiger partial charge < -0.3 is 14.9 Å². The lowest BCUT2D eigenvalue weighted by Crippen LogP contribution is -2.45. The van der Waals surface area contributed by atoms with Crippen LogP contribution in [-0.4, -0.2) is 81.7 Å². The molecule has 2 fully saturated rings. The van der Waals surface area contributed by atoms with Crippen LogP contribution in [0.4, 0.5) is 18.9 Å². The molecule has 13 heteroatoms. The minimum Gasteiger partial charge on any atom is -0.475 e. The molecular weight excluding hydrogens is 577 g/mol. The van der Waals surface area contributed by atoms with Crippen LogP contribution < -0.4 is 4.90 Å². The summed E-state index contributed by atoms with van der Waals surface area (Å²) in [6, 6.07) is 7.65. The average molecular weight is 612 g/mol. The minimum absolute atomic E-state index is 0.182. The summed E-state index contributed by atoms with van der Waals surface area (Å²) < 4.78 is 60.5. The molecule has 1 aliphatic carbocycles. The minimum atomic E-state index is -5.08. The van der Waals surface area contributed by atoms with Crippen LogP contribution in [0.15, 0.2) is 27.6 Å². The van der Waals surface area contributed by atoms with Gasteiger partial charge in [-0.15, -0.1) is 0 Å². The Hall–Kier alpha value is -1.88. The Balaban J connectivity index is 0.000000604. The third kappa shape index (κ3) is 7.37. The largest absolute Gasteiger partial charge is 0.490 e. The fourth-order valence-corrected chi connectivity index (χ4v) is 7.23. The van der Waals surface area contributed by atoms with Gasteiger partial charge >= 0.3 is 12.1 Å². The van der Waals surface area contributed by atoms with Crippen molar-refractivity contribution in [3.63, 3.8) is 0 Å². The Morgan fingerprint density at radius 3 is 2.11 bits per heavy atom. The van der Waals surface area contributed by atoms with Gasteiger partial charge in [-0.3, -0.25) is 0 Å². The molecule has 0 aromatic heterocycles. The first-order valence-electron chi connectivity index (χ1n) is 11.8. The van der Waals surface area contributed by atoms with Crippen LogP contribution in [0.2, 0.25) is 0 Å². The molecule has 0 amide bonds. The number of hydrogen-bond acceptors (Lipinski definition) is 6. The number of carbonyl (C=O) groups is 1. The van der Waals surface area contributed by atoms with Crippen molar-refractivity contribution in [3.05, 3.63) is 22.7 Å². The Morgan fingerprint density at radius 2 is 1.70 bits per heavy atom. The van der Waals surface area contributed by atoms with Gasteiger partial charge in [0.25, 0.3) is 0 Å². The molecule has 0 unspecified atom stereocenters. The summed E-state index contributed by atoms with van der Waals surface area (Å²) in [5.74, 6) is -2.76. The first-order valence-corrected chi connectivity index (χ1v) is 14.1. The number of carboxylic acids is 1. The van der Waals surface area contributed by atoms with E-state index in [1.165, 1.54) is 17.1 Å². The lowest BCUT2D eigenvalue weighted by atomic mass is 9.53. The zero-order chi connectivity index (χ0) is 28.2. The number of nitrogens with zero attached hydrogens (tertiary/aromatic N) is 4. The Kier molecular flexibility index (Phi) is 10.1. The summed E-state index contributed by atoms with van der Waals surface area (Å²) in [5, 5.41) is 16.1. The molecule has 2 atom stereocenters. The Morgan fingerprint density at radius 1 is 1.16 bits per heavy atom. The normalized spacial score (nSPS) is 23.2. The molecule has 2 aliphatic rings. The smallest absolute Gasteiger partial charge is 0.475 e. The van der Waals surface area contributed by atoms with Crippen molar-refractivity contribution in [1.29, 1.82) is 5.26 Å². The quantitative estimate of drug-likeness (QED) is 0.437. The van der Waals surface area contributed by atoms with E-state index in [0.29, 0.717) is 21.8 Å². The highest BCUT2D eigenvalue weighted by atomic mass is 79.9. The van der Waals surface area contributed by atoms with Gasteiger partial charge in [0.2, 0.25) is 10.0 Å². The molecule has 1 N–H and O–H groups in total. The molecule has 0 bridgehead atoms. The highest BCUT2D eigenvalue weighted by molar-refractivity contribution is 9.10. The fraction of sp³-hybridized carbons (Fsp3) is 0.667. The van der Waals surface area contributed by atoms with Crippen molar-refractivity contribution in [2.45, 2.75) is 50.6 Å². The zero-order valence-electron chi connectivity index (χ0n) is 21.5. The van der Waals surface area contributed by atoms with Crippen LogP contribution >= 0.6 is 15.9 Å². The summed E-state index contributed by atoms with van der Waals surface area (Å²) in [6.07, 6.45) is -1.66. The Labute approximate surface area is 225 Å². The van der Waals surface area contributed by atoms with E-state index < -0.39 is 22.2 Å². The summed E-state index contributed by atoms with van der Waals surface area (Å²) >= 11 is 3.52. The van der Waals surface area contributed by atoms with Crippen LogP contribution in [0.25, 0.3) is 0 Å². The number of carboxylic acid groups (broad SMARTS) is 1. The number of fused-ring (bicyclic) bond motifs is 1. The molecule has 208 valence electrons. The van der Waals surface area contributed by atoms with Crippen molar-refractivity contribution >= 4 is 37.6 Å². The van der Waals surface area contributed by atoms with Crippen molar-refractivity contribution in [1.82, 2.24) is 9.21 Å². The number of halogens is 4. The molecule has 1 aliphatic heterocycles. The molecule has 0 radical (unpaired) electrons. The van der Waals surface area contributed by atoms with Crippen molar-refractivity contribution in [2.75, 3.05) is 51.7 Å². The first kappa shape index (κ1) is 31.3. The standard InChI is InChI=1S/C22H33BrN4O2S.C2HF3O2/c1-21-9-10-22(21,2)17-26(16-21)18-7-8-20(19(23)15-18)30(28,29)27(13-5-11-24)14-6-12-25(3)4;3-2(4,5)1(6)7/h7-8,15H,5-6,9-10,12-14,16-17H2,1-4H3;(H,6,7)/t21-,22+;. The van der Waals surface area contributed by atoms with Gasteiger partial charge in [0, 0.05) is 42.8 Å². The molecule has 8 nitrogen and oxygen atoms in total. The SMILES string of the molecule is CN(C)CCCN(CCC#N)S(=O)(=O)c1ccc(N2C[C@]3(C)CC[C@]3(C)C2)cc1Br.O=C(O)C(F)(F)F. The van der Waals surface area contributed by atoms with Crippen LogP contribution in [0.1, 0.15) is 39.5 Å². The molecule has 37 heavy (non-hydrogen) atoms. The number of sulfonamides is 1. The molecule has 3 rings (SSSR count). The van der Waals surface area contributed by atoms with Crippen molar-refractivity contribution in [2.24, 2.45) is 10.8 Å². The van der Waals surface area contributed by atoms with Gasteiger partial charge in [-0.05, 0) is 84.9 Å². The highest BCUT2D eigenvalue weighted by Crippen LogP contribution is 2.61. The maximum atomic E-state index is 13.3. The van der Waals surface area contributed by atoms with E-state index >= 15 is 0 Å². The summed E-state index contributed by atoms with van der Waals surface area (Å²) in [4.78, 5) is 13.6. The molecule has 1 heterocycles. The molecule has 1 aromatic carbocycles. The van der Waals surface area contributed by atoms with E-state index in [1.807, 2.05) is 31.1 Å². The van der Waals surface area contributed by atoms with Crippen LogP contribution in [0.5, 0.6) is 0 Å². The Bertz CT molecular complexity index is 1110. The van der Waals surface area contributed by atoms with Crippen molar-refractivity contribution in [3.8, 4) is 6.07 Å². The summed E-state index contributed by atoms with van der Waals surface area (Å²) in [6.45, 7) is 8.17. The van der Waals surface area contributed by atoms with E-state index in [1.54, 1.807) is 6.07 Å². The molecule has 1 saturated heterocycles. The van der Waals surface area contributed by atoms with E-state index in [2.05, 4.69) is 40.7 Å². The number of hydrogen-bond donors (Lipinski definition) is 1. The maximum absolute atomic E-state index is 13.3. The van der Waals surface area contributed by atoms with Gasteiger partial charge in [0.1, 0.15) is 0 Å². The summed E-state index contributed by atoms with van der Waals surface area (Å²) in [7, 11) is 0.257. The first-order chi connectivity index (χ1) is 17.0. The lowest BCUT2D eigenvalue weighted by molar-refractivity contribution is -0.192. The van der Waals surface area contributed by atoms with E-state index in [4.69, 9.17) is 15.2 Å². The average Bonchev–Trinajstić information content (AvgIpc) is 2.96. The van der Waals surface area contributed by atoms with Crippen LogP contribution in [-0.2, 0) is 14.8 Å². The van der Waals surface area contributed by atoms with Gasteiger partial charge in [-0.2, -0.15) is 22.7 Å². The van der Waals surface area contributed by atoms with E-state index in [9.17, 15) is 21.6 Å². The second kappa shape index (κ2) is 11.9. The highest BCUT2D eigenvalue weighted by Gasteiger charge is 2.58. The van der Waals surface area contributed by atoms with Gasteiger partial charge in [-0.1, -0.05) is 13.8 Å². The van der Waals surface area contributed by atoms with E-state index in [-0.39, 0.29) is 17.9 Å². The van der Waals surface area contributed by atoms with Crippen LogP contribution in [0.3, 0.4) is 0 Å². The fourth-order valence-electron chi connectivity index (χ4n) is 4.72.